The monoisotopic (exact) mass is 250 g/mol. The number of rotatable bonds is 3. The second-order valence-corrected chi connectivity index (χ2v) is 4.17. The Balaban J connectivity index is 1.96. The number of anilines is 1. The summed E-state index contributed by atoms with van der Waals surface area (Å²) >= 11 is 0. The van der Waals surface area contributed by atoms with E-state index in [-0.39, 0.29) is 17.5 Å². The molecule has 0 aromatic carbocycles. The average molecular weight is 250 g/mol. The third kappa shape index (κ3) is 3.01. The van der Waals surface area contributed by atoms with Crippen LogP contribution in [0.5, 0.6) is 0 Å². The Bertz CT molecular complexity index is 440. The number of hydrogen-bond donors (Lipinski definition) is 2. The van der Waals surface area contributed by atoms with Crippen molar-refractivity contribution in [3.05, 3.63) is 28.4 Å². The Hall–Kier alpha value is -2.02. The second-order valence-electron chi connectivity index (χ2n) is 4.17. The molecule has 2 rings (SSSR count). The van der Waals surface area contributed by atoms with Gasteiger partial charge in [-0.15, -0.1) is 0 Å². The Morgan fingerprint density at radius 1 is 1.44 bits per heavy atom. The van der Waals surface area contributed by atoms with Crippen LogP contribution < -0.4 is 10.6 Å². The minimum absolute atomic E-state index is 0.0109. The van der Waals surface area contributed by atoms with Crippen LogP contribution in [0.3, 0.4) is 0 Å². The number of nitro groups is 1. The summed E-state index contributed by atoms with van der Waals surface area (Å²) in [6.45, 7) is 1.68. The zero-order valence-corrected chi connectivity index (χ0v) is 9.76. The minimum atomic E-state index is -0.522. The summed E-state index contributed by atoms with van der Waals surface area (Å²) in [5.74, 6) is 0.269. The molecule has 7 heteroatoms. The second kappa shape index (κ2) is 5.54. The van der Waals surface area contributed by atoms with Crippen LogP contribution in [0.4, 0.5) is 11.5 Å². The van der Waals surface area contributed by atoms with Gasteiger partial charge in [0.15, 0.2) is 0 Å². The molecule has 0 atom stereocenters. The quantitative estimate of drug-likeness (QED) is 0.614. The average Bonchev–Trinajstić information content (AvgIpc) is 2.40. The van der Waals surface area contributed by atoms with Gasteiger partial charge in [-0.25, -0.2) is 4.98 Å². The van der Waals surface area contributed by atoms with Gasteiger partial charge in [0, 0.05) is 12.0 Å². The molecule has 0 unspecified atom stereocenters. The fourth-order valence-corrected chi connectivity index (χ4v) is 1.88. The van der Waals surface area contributed by atoms with Gasteiger partial charge in [-0.3, -0.25) is 14.9 Å². The first kappa shape index (κ1) is 12.4. The lowest BCUT2D eigenvalue weighted by Crippen LogP contribution is -2.34. The molecule has 0 spiro atoms. The van der Waals surface area contributed by atoms with E-state index in [1.54, 1.807) is 0 Å². The molecular formula is C11H14N4O3. The van der Waals surface area contributed by atoms with Crippen LogP contribution in [0.1, 0.15) is 12.8 Å². The van der Waals surface area contributed by atoms with E-state index in [4.69, 9.17) is 0 Å². The Morgan fingerprint density at radius 3 is 2.72 bits per heavy atom. The summed E-state index contributed by atoms with van der Waals surface area (Å²) in [6.07, 6.45) is 2.75. The predicted molar refractivity (Wildman–Crippen MR) is 65.1 cm³/mol. The maximum Gasteiger partial charge on any atom is 0.287 e. The molecule has 2 heterocycles. The van der Waals surface area contributed by atoms with Crippen molar-refractivity contribution in [3.63, 3.8) is 0 Å². The Kier molecular flexibility index (Phi) is 3.83. The van der Waals surface area contributed by atoms with Crippen molar-refractivity contribution in [1.29, 1.82) is 0 Å². The highest BCUT2D eigenvalue weighted by Crippen LogP contribution is 2.16. The van der Waals surface area contributed by atoms with Crippen LogP contribution in [0.2, 0.25) is 0 Å². The van der Waals surface area contributed by atoms with Crippen LogP contribution in [-0.4, -0.2) is 28.9 Å². The van der Waals surface area contributed by atoms with Crippen LogP contribution in [0, 0.1) is 16.0 Å². The molecule has 1 aromatic rings. The minimum Gasteiger partial charge on any atom is -0.317 e. The molecule has 0 saturated carbocycles. The van der Waals surface area contributed by atoms with Crippen LogP contribution in [0.25, 0.3) is 0 Å². The summed E-state index contributed by atoms with van der Waals surface area (Å²) in [4.78, 5) is 25.6. The first-order valence-corrected chi connectivity index (χ1v) is 5.79. The van der Waals surface area contributed by atoms with Gasteiger partial charge in [0.05, 0.1) is 4.92 Å². The number of piperidine rings is 1. The number of carbonyl (C=O) groups excluding carboxylic acids is 1. The lowest BCUT2D eigenvalue weighted by atomic mass is 9.97. The largest absolute Gasteiger partial charge is 0.317 e. The molecule has 96 valence electrons. The van der Waals surface area contributed by atoms with Crippen molar-refractivity contribution in [2.24, 2.45) is 5.92 Å². The van der Waals surface area contributed by atoms with Crippen LogP contribution >= 0.6 is 0 Å². The van der Waals surface area contributed by atoms with Gasteiger partial charge < -0.3 is 10.6 Å². The standard InChI is InChI=1S/C11H14N4O3/c16-11(8-3-5-12-6-4-8)14-10-2-1-9(7-13-10)15(17)18/h1-2,7-8,12H,3-6H2,(H,13,14,16). The van der Waals surface area contributed by atoms with Crippen molar-refractivity contribution in [2.75, 3.05) is 18.4 Å². The number of carbonyl (C=O) groups is 1. The third-order valence-corrected chi connectivity index (χ3v) is 2.92. The molecule has 0 radical (unpaired) electrons. The van der Waals surface area contributed by atoms with Gasteiger partial charge >= 0.3 is 0 Å². The lowest BCUT2D eigenvalue weighted by Gasteiger charge is -2.21. The molecule has 0 aliphatic carbocycles. The van der Waals surface area contributed by atoms with Crippen molar-refractivity contribution in [2.45, 2.75) is 12.8 Å². The molecule has 1 aromatic heterocycles. The summed E-state index contributed by atoms with van der Waals surface area (Å²) in [6, 6.07) is 2.77. The number of amides is 1. The number of hydrogen-bond acceptors (Lipinski definition) is 5. The summed E-state index contributed by atoms with van der Waals surface area (Å²) in [7, 11) is 0. The Morgan fingerprint density at radius 2 is 2.17 bits per heavy atom. The molecule has 1 aliphatic heterocycles. The van der Waals surface area contributed by atoms with E-state index in [1.165, 1.54) is 12.1 Å². The zero-order chi connectivity index (χ0) is 13.0. The van der Waals surface area contributed by atoms with E-state index < -0.39 is 4.92 Å². The van der Waals surface area contributed by atoms with E-state index in [0.29, 0.717) is 5.82 Å². The van der Waals surface area contributed by atoms with Crippen molar-refractivity contribution in [3.8, 4) is 0 Å². The summed E-state index contributed by atoms with van der Waals surface area (Å²) < 4.78 is 0. The van der Waals surface area contributed by atoms with Gasteiger partial charge in [0.2, 0.25) is 5.91 Å². The normalized spacial score (nSPS) is 16.2. The summed E-state index contributed by atoms with van der Waals surface area (Å²) in [5, 5.41) is 16.3. The number of nitrogens with one attached hydrogen (secondary N) is 2. The molecule has 1 amide bonds. The van der Waals surface area contributed by atoms with Gasteiger partial charge in [-0.2, -0.15) is 0 Å². The first-order chi connectivity index (χ1) is 8.66. The molecule has 2 N–H and O–H groups in total. The molecule has 18 heavy (non-hydrogen) atoms. The highest BCUT2D eigenvalue weighted by molar-refractivity contribution is 5.91. The number of aromatic nitrogens is 1. The van der Waals surface area contributed by atoms with Crippen LogP contribution in [0.15, 0.2) is 18.3 Å². The fraction of sp³-hybridized carbons (Fsp3) is 0.455. The first-order valence-electron chi connectivity index (χ1n) is 5.79. The topological polar surface area (TPSA) is 97.2 Å². The van der Waals surface area contributed by atoms with Crippen LogP contribution in [-0.2, 0) is 4.79 Å². The summed E-state index contributed by atoms with van der Waals surface area (Å²) in [5.41, 5.74) is -0.0881. The smallest absolute Gasteiger partial charge is 0.287 e. The predicted octanol–water partition coefficient (Wildman–Crippen LogP) is 0.928. The lowest BCUT2D eigenvalue weighted by molar-refractivity contribution is -0.385. The van der Waals surface area contributed by atoms with E-state index in [1.807, 2.05) is 0 Å². The molecule has 1 saturated heterocycles. The number of pyridine rings is 1. The highest BCUT2D eigenvalue weighted by Gasteiger charge is 2.21. The van der Waals surface area contributed by atoms with E-state index in [2.05, 4.69) is 15.6 Å². The Labute approximate surface area is 104 Å². The van der Waals surface area contributed by atoms with Gasteiger partial charge in [0.25, 0.3) is 5.69 Å². The zero-order valence-electron chi connectivity index (χ0n) is 9.76. The molecule has 1 fully saturated rings. The van der Waals surface area contributed by atoms with E-state index in [0.717, 1.165) is 32.1 Å². The SMILES string of the molecule is O=C(Nc1ccc([N+](=O)[O-])cn1)C1CCNCC1. The third-order valence-electron chi connectivity index (χ3n) is 2.92. The molecule has 7 nitrogen and oxygen atoms in total. The van der Waals surface area contributed by atoms with Gasteiger partial charge in [0.1, 0.15) is 12.0 Å². The van der Waals surface area contributed by atoms with Gasteiger partial charge in [-0.05, 0) is 32.0 Å². The maximum absolute atomic E-state index is 11.9. The van der Waals surface area contributed by atoms with E-state index in [9.17, 15) is 14.9 Å². The molecule has 0 bridgehead atoms. The van der Waals surface area contributed by atoms with Crippen molar-refractivity contribution < 1.29 is 9.72 Å². The molecule has 1 aliphatic rings. The van der Waals surface area contributed by atoms with Crippen molar-refractivity contribution in [1.82, 2.24) is 10.3 Å². The number of nitrogens with zero attached hydrogens (tertiary/aromatic N) is 2. The highest BCUT2D eigenvalue weighted by atomic mass is 16.6. The molecular weight excluding hydrogens is 236 g/mol. The van der Waals surface area contributed by atoms with Crippen molar-refractivity contribution >= 4 is 17.4 Å². The van der Waals surface area contributed by atoms with Gasteiger partial charge in [-0.1, -0.05) is 0 Å². The fourth-order valence-electron chi connectivity index (χ4n) is 1.88. The van der Waals surface area contributed by atoms with E-state index >= 15 is 0 Å². The maximum atomic E-state index is 11.9.